The number of anilines is 1. The van der Waals surface area contributed by atoms with Gasteiger partial charge in [-0.3, -0.25) is 0 Å². The van der Waals surface area contributed by atoms with Crippen LogP contribution in [-0.4, -0.2) is 49.2 Å². The lowest BCUT2D eigenvalue weighted by Crippen LogP contribution is -2.30. The Kier molecular flexibility index (Phi) is 5.86. The quantitative estimate of drug-likeness (QED) is 0.584. The first-order chi connectivity index (χ1) is 14.7. The summed E-state index contributed by atoms with van der Waals surface area (Å²) in [7, 11) is 2.27. The van der Waals surface area contributed by atoms with Gasteiger partial charge < -0.3 is 14.5 Å². The van der Waals surface area contributed by atoms with Crippen LogP contribution in [-0.2, 0) is 12.8 Å². The minimum atomic E-state index is 0.659. The number of nitrogens with zero attached hydrogens (tertiary/aromatic N) is 3. The minimum absolute atomic E-state index is 0.659. The highest BCUT2D eigenvalue weighted by Gasteiger charge is 2.27. The van der Waals surface area contributed by atoms with E-state index in [0.717, 1.165) is 30.8 Å². The van der Waals surface area contributed by atoms with E-state index >= 15 is 0 Å². The average Bonchev–Trinajstić information content (AvgIpc) is 3.53. The molecule has 2 aliphatic carbocycles. The Morgan fingerprint density at radius 1 is 1.03 bits per heavy atom. The maximum atomic E-state index is 6.24. The molecule has 1 aromatic heterocycles. The molecule has 1 saturated carbocycles. The number of ether oxygens (including phenoxy) is 1. The summed E-state index contributed by atoms with van der Waals surface area (Å²) in [6.07, 6.45) is 12.8. The molecule has 0 atom stereocenters. The standard InChI is InChI=1S/C26H37N3O/c1-19-17-23-21-11-7-12-22(21)26(28(2)20-9-3-4-10-20)27-24(23)18-25(19)30-16-8-15-29-13-5-6-14-29/h17-18,20H,3-16H2,1-2H3. The van der Waals surface area contributed by atoms with E-state index in [4.69, 9.17) is 9.72 Å². The van der Waals surface area contributed by atoms with Crippen molar-refractivity contribution in [3.8, 4) is 5.75 Å². The fourth-order valence-corrected chi connectivity index (χ4v) is 5.87. The zero-order valence-electron chi connectivity index (χ0n) is 18.9. The first kappa shape index (κ1) is 20.1. The number of hydrogen-bond acceptors (Lipinski definition) is 4. The van der Waals surface area contributed by atoms with Crippen LogP contribution < -0.4 is 9.64 Å². The van der Waals surface area contributed by atoms with Crippen molar-refractivity contribution in [3.63, 3.8) is 0 Å². The zero-order chi connectivity index (χ0) is 20.5. The van der Waals surface area contributed by atoms with Gasteiger partial charge in [-0.1, -0.05) is 12.8 Å². The lowest BCUT2D eigenvalue weighted by Gasteiger charge is -2.28. The molecule has 1 aromatic carbocycles. The van der Waals surface area contributed by atoms with E-state index in [1.807, 2.05) is 0 Å². The van der Waals surface area contributed by atoms with E-state index in [9.17, 15) is 0 Å². The van der Waals surface area contributed by atoms with E-state index in [0.29, 0.717) is 6.04 Å². The molecule has 0 N–H and O–H groups in total. The van der Waals surface area contributed by atoms with E-state index in [1.165, 1.54) is 93.2 Å². The third-order valence-electron chi connectivity index (χ3n) is 7.61. The first-order valence-electron chi connectivity index (χ1n) is 12.2. The molecular weight excluding hydrogens is 370 g/mol. The molecule has 2 heterocycles. The number of likely N-dealkylation sites (tertiary alicyclic amines) is 1. The number of benzene rings is 1. The highest BCUT2D eigenvalue weighted by Crippen LogP contribution is 2.39. The van der Waals surface area contributed by atoms with Gasteiger partial charge >= 0.3 is 0 Å². The second-order valence-corrected chi connectivity index (χ2v) is 9.68. The Labute approximate surface area is 181 Å². The van der Waals surface area contributed by atoms with Crippen molar-refractivity contribution in [2.24, 2.45) is 0 Å². The third kappa shape index (κ3) is 3.91. The number of pyridine rings is 1. The predicted molar refractivity (Wildman–Crippen MR) is 125 cm³/mol. The Morgan fingerprint density at radius 2 is 1.80 bits per heavy atom. The maximum Gasteiger partial charge on any atom is 0.132 e. The third-order valence-corrected chi connectivity index (χ3v) is 7.61. The largest absolute Gasteiger partial charge is 0.493 e. The van der Waals surface area contributed by atoms with Gasteiger partial charge in [0.25, 0.3) is 0 Å². The summed E-state index contributed by atoms with van der Waals surface area (Å²) in [5.74, 6) is 2.26. The molecule has 4 heteroatoms. The zero-order valence-corrected chi connectivity index (χ0v) is 18.9. The van der Waals surface area contributed by atoms with Crippen LogP contribution in [0.25, 0.3) is 10.9 Å². The van der Waals surface area contributed by atoms with Crippen LogP contribution in [0.4, 0.5) is 5.82 Å². The van der Waals surface area contributed by atoms with E-state index in [-0.39, 0.29) is 0 Å². The van der Waals surface area contributed by atoms with Gasteiger partial charge in [-0.25, -0.2) is 4.98 Å². The van der Waals surface area contributed by atoms with Crippen molar-refractivity contribution in [3.05, 3.63) is 28.8 Å². The molecule has 0 bridgehead atoms. The first-order valence-corrected chi connectivity index (χ1v) is 12.2. The smallest absolute Gasteiger partial charge is 0.132 e. The Bertz CT molecular complexity index is 897. The van der Waals surface area contributed by atoms with E-state index in [1.54, 1.807) is 5.56 Å². The van der Waals surface area contributed by atoms with Gasteiger partial charge in [0.15, 0.2) is 0 Å². The normalized spacial score (nSPS) is 19.7. The maximum absolute atomic E-state index is 6.24. The predicted octanol–water partition coefficient (Wildman–Crippen LogP) is 5.28. The number of fused-ring (bicyclic) bond motifs is 3. The molecule has 4 nitrogen and oxygen atoms in total. The van der Waals surface area contributed by atoms with Crippen molar-refractivity contribution >= 4 is 16.7 Å². The summed E-state index contributed by atoms with van der Waals surface area (Å²) in [6, 6.07) is 5.21. The van der Waals surface area contributed by atoms with Crippen molar-refractivity contribution in [1.29, 1.82) is 0 Å². The topological polar surface area (TPSA) is 28.6 Å². The minimum Gasteiger partial charge on any atom is -0.493 e. The van der Waals surface area contributed by atoms with Crippen LogP contribution in [0.5, 0.6) is 5.75 Å². The Balaban J connectivity index is 1.38. The van der Waals surface area contributed by atoms with Crippen LogP contribution in [0, 0.1) is 6.92 Å². The van der Waals surface area contributed by atoms with Gasteiger partial charge in [0, 0.05) is 31.1 Å². The van der Waals surface area contributed by atoms with Crippen molar-refractivity contribution in [2.75, 3.05) is 38.2 Å². The second-order valence-electron chi connectivity index (χ2n) is 9.68. The van der Waals surface area contributed by atoms with Crippen molar-refractivity contribution in [2.45, 2.75) is 77.2 Å². The molecule has 0 spiro atoms. The molecule has 1 aliphatic heterocycles. The molecule has 0 unspecified atom stereocenters. The average molecular weight is 408 g/mol. The van der Waals surface area contributed by atoms with Gasteiger partial charge in [-0.05, 0) is 94.1 Å². The number of rotatable bonds is 7. The molecule has 3 aliphatic rings. The molecule has 5 rings (SSSR count). The molecule has 1 saturated heterocycles. The lowest BCUT2D eigenvalue weighted by molar-refractivity contribution is 0.262. The fourth-order valence-electron chi connectivity index (χ4n) is 5.87. The monoisotopic (exact) mass is 407 g/mol. The summed E-state index contributed by atoms with van der Waals surface area (Å²) in [6.45, 7) is 6.68. The summed E-state index contributed by atoms with van der Waals surface area (Å²) in [4.78, 5) is 10.3. The number of hydrogen-bond donors (Lipinski definition) is 0. The van der Waals surface area contributed by atoms with Crippen LogP contribution >= 0.6 is 0 Å². The highest BCUT2D eigenvalue weighted by atomic mass is 16.5. The van der Waals surface area contributed by atoms with Gasteiger partial charge in [-0.15, -0.1) is 0 Å². The van der Waals surface area contributed by atoms with Crippen molar-refractivity contribution in [1.82, 2.24) is 9.88 Å². The van der Waals surface area contributed by atoms with Gasteiger partial charge in [-0.2, -0.15) is 0 Å². The fraction of sp³-hybridized carbons (Fsp3) is 0.654. The molecule has 162 valence electrons. The number of aromatic nitrogens is 1. The highest BCUT2D eigenvalue weighted by molar-refractivity contribution is 5.88. The van der Waals surface area contributed by atoms with Gasteiger partial charge in [0.05, 0.1) is 12.1 Å². The van der Waals surface area contributed by atoms with E-state index in [2.05, 4.69) is 35.9 Å². The molecule has 2 aromatic rings. The summed E-state index contributed by atoms with van der Waals surface area (Å²) >= 11 is 0. The number of aryl methyl sites for hydroxylation is 2. The molecule has 30 heavy (non-hydrogen) atoms. The Morgan fingerprint density at radius 3 is 2.60 bits per heavy atom. The van der Waals surface area contributed by atoms with Crippen molar-refractivity contribution < 1.29 is 4.74 Å². The van der Waals surface area contributed by atoms with Gasteiger partial charge in [0.1, 0.15) is 11.6 Å². The SMILES string of the molecule is Cc1cc2c3c(c(N(C)C4CCCC4)nc2cc1OCCCN1CCCC1)CCC3. The molecule has 0 radical (unpaired) electrons. The second kappa shape index (κ2) is 8.74. The summed E-state index contributed by atoms with van der Waals surface area (Å²) < 4.78 is 6.24. The van der Waals surface area contributed by atoms with Crippen LogP contribution in [0.1, 0.15) is 68.1 Å². The summed E-state index contributed by atoms with van der Waals surface area (Å²) in [5.41, 5.74) is 5.42. The van der Waals surface area contributed by atoms with Crippen LogP contribution in [0.3, 0.4) is 0 Å². The van der Waals surface area contributed by atoms with Crippen LogP contribution in [0.2, 0.25) is 0 Å². The molecular formula is C26H37N3O. The summed E-state index contributed by atoms with van der Waals surface area (Å²) in [5, 5.41) is 1.35. The molecule has 0 amide bonds. The molecule has 2 fully saturated rings. The van der Waals surface area contributed by atoms with Crippen LogP contribution in [0.15, 0.2) is 12.1 Å². The van der Waals surface area contributed by atoms with E-state index < -0.39 is 0 Å². The van der Waals surface area contributed by atoms with Gasteiger partial charge in [0.2, 0.25) is 0 Å². The Hall–Kier alpha value is -1.81. The lowest BCUT2D eigenvalue weighted by atomic mass is 10.0.